The first-order valence-corrected chi connectivity index (χ1v) is 11.9. The molecule has 0 aromatic heterocycles. The molecule has 0 bridgehead atoms. The topological polar surface area (TPSA) is 84.9 Å². The van der Waals surface area contributed by atoms with Crippen molar-refractivity contribution in [2.24, 2.45) is 0 Å². The third-order valence-electron chi connectivity index (χ3n) is 5.00. The van der Waals surface area contributed by atoms with E-state index >= 15 is 0 Å². The van der Waals surface area contributed by atoms with Crippen LogP contribution in [0.25, 0.3) is 0 Å². The molecule has 0 unspecified atom stereocenters. The van der Waals surface area contributed by atoms with Crippen molar-refractivity contribution in [3.8, 4) is 11.5 Å². The Balaban J connectivity index is 2.01. The van der Waals surface area contributed by atoms with E-state index in [1.807, 2.05) is 19.1 Å². The van der Waals surface area contributed by atoms with Gasteiger partial charge in [0.2, 0.25) is 5.91 Å². The number of ether oxygens (including phenoxy) is 2. The molecule has 0 heterocycles. The summed E-state index contributed by atoms with van der Waals surface area (Å²) < 4.78 is 38.7. The summed E-state index contributed by atoms with van der Waals surface area (Å²) in [5, 5.41) is 3.03. The quantitative estimate of drug-likeness (QED) is 0.492. The molecular weight excluding hydrogens is 464 g/mol. The van der Waals surface area contributed by atoms with Gasteiger partial charge in [0.15, 0.2) is 0 Å². The number of benzene rings is 3. The van der Waals surface area contributed by atoms with Crippen LogP contribution in [-0.4, -0.2) is 35.1 Å². The van der Waals surface area contributed by atoms with Crippen molar-refractivity contribution in [2.75, 3.05) is 30.4 Å². The average Bonchev–Trinajstić information content (AvgIpc) is 2.80. The highest BCUT2D eigenvalue weighted by Crippen LogP contribution is 2.36. The molecule has 0 aliphatic heterocycles. The molecule has 0 aliphatic carbocycles. The number of sulfonamides is 1. The highest BCUT2D eigenvalue weighted by Gasteiger charge is 2.28. The van der Waals surface area contributed by atoms with Gasteiger partial charge in [0, 0.05) is 12.1 Å². The fraction of sp³-hybridized carbons (Fsp3) is 0.208. The molecule has 0 radical (unpaired) electrons. The fourth-order valence-electron chi connectivity index (χ4n) is 3.29. The summed E-state index contributed by atoms with van der Waals surface area (Å²) in [6, 6.07) is 16.5. The maximum atomic E-state index is 13.5. The minimum absolute atomic E-state index is 0.0875. The van der Waals surface area contributed by atoms with Crippen molar-refractivity contribution in [3.63, 3.8) is 0 Å². The van der Waals surface area contributed by atoms with Gasteiger partial charge >= 0.3 is 0 Å². The fourth-order valence-corrected chi connectivity index (χ4v) is 5.01. The molecule has 9 heteroatoms. The number of methoxy groups -OCH3 is 2. The summed E-state index contributed by atoms with van der Waals surface area (Å²) in [6.45, 7) is 3.21. The number of nitrogens with zero attached hydrogens (tertiary/aromatic N) is 1. The maximum absolute atomic E-state index is 13.5. The molecule has 1 N–H and O–H groups in total. The average molecular weight is 489 g/mol. The molecule has 0 fully saturated rings. The van der Waals surface area contributed by atoms with Crippen LogP contribution in [0, 0.1) is 13.8 Å². The van der Waals surface area contributed by atoms with Gasteiger partial charge in [-0.05, 0) is 43.2 Å². The number of hydrogen-bond donors (Lipinski definition) is 1. The molecular formula is C24H25ClN2O5S. The minimum atomic E-state index is -4.02. The van der Waals surface area contributed by atoms with E-state index in [4.69, 9.17) is 21.1 Å². The van der Waals surface area contributed by atoms with E-state index in [2.05, 4.69) is 5.32 Å². The Morgan fingerprint density at radius 3 is 2.27 bits per heavy atom. The zero-order valence-electron chi connectivity index (χ0n) is 18.8. The molecule has 0 spiro atoms. The van der Waals surface area contributed by atoms with Gasteiger partial charge in [-0.3, -0.25) is 9.10 Å². The first kappa shape index (κ1) is 24.4. The largest absolute Gasteiger partial charge is 0.495 e. The Morgan fingerprint density at radius 2 is 1.64 bits per heavy atom. The van der Waals surface area contributed by atoms with Crippen LogP contribution in [0.3, 0.4) is 0 Å². The Kier molecular flexibility index (Phi) is 7.50. The SMILES string of the molecule is COc1cc(NC(=O)CN(c2cc(C)ccc2C)S(=O)(=O)c2ccccc2)c(OC)cc1Cl. The number of carbonyl (C=O) groups is 1. The number of amides is 1. The number of nitrogens with one attached hydrogen (secondary N) is 1. The normalized spacial score (nSPS) is 11.1. The van der Waals surface area contributed by atoms with Gasteiger partial charge in [-0.15, -0.1) is 0 Å². The second kappa shape index (κ2) is 10.1. The molecule has 0 aliphatic rings. The van der Waals surface area contributed by atoms with E-state index in [-0.39, 0.29) is 4.90 Å². The van der Waals surface area contributed by atoms with Gasteiger partial charge < -0.3 is 14.8 Å². The van der Waals surface area contributed by atoms with E-state index in [0.29, 0.717) is 27.9 Å². The molecule has 3 aromatic rings. The lowest BCUT2D eigenvalue weighted by Gasteiger charge is -2.26. The van der Waals surface area contributed by atoms with E-state index in [0.717, 1.165) is 15.4 Å². The lowest BCUT2D eigenvalue weighted by Crippen LogP contribution is -2.38. The van der Waals surface area contributed by atoms with Crippen LogP contribution in [0.1, 0.15) is 11.1 Å². The van der Waals surface area contributed by atoms with E-state index < -0.39 is 22.5 Å². The summed E-state index contributed by atoms with van der Waals surface area (Å²) >= 11 is 6.14. The van der Waals surface area contributed by atoms with Crippen molar-refractivity contribution in [1.82, 2.24) is 0 Å². The van der Waals surface area contributed by atoms with Gasteiger partial charge in [0.1, 0.15) is 18.0 Å². The number of hydrogen-bond acceptors (Lipinski definition) is 5. The third kappa shape index (κ3) is 5.40. The molecule has 1 amide bonds. The summed E-state index contributed by atoms with van der Waals surface area (Å²) in [7, 11) is -1.13. The van der Waals surface area contributed by atoms with Crippen LogP contribution in [0.5, 0.6) is 11.5 Å². The van der Waals surface area contributed by atoms with Gasteiger partial charge in [-0.1, -0.05) is 41.9 Å². The second-order valence-electron chi connectivity index (χ2n) is 7.35. The Hall–Kier alpha value is -3.23. The molecule has 33 heavy (non-hydrogen) atoms. The van der Waals surface area contributed by atoms with E-state index in [1.165, 1.54) is 38.5 Å². The molecule has 0 saturated carbocycles. The van der Waals surface area contributed by atoms with Crippen molar-refractivity contribution in [3.05, 3.63) is 76.8 Å². The Labute approximate surface area is 198 Å². The van der Waals surface area contributed by atoms with Crippen molar-refractivity contribution in [1.29, 1.82) is 0 Å². The molecule has 0 saturated heterocycles. The van der Waals surface area contributed by atoms with Crippen LogP contribution in [0.15, 0.2) is 65.6 Å². The predicted octanol–water partition coefficient (Wildman–Crippen LogP) is 4.81. The van der Waals surface area contributed by atoms with Crippen LogP contribution >= 0.6 is 11.6 Å². The first-order valence-electron chi connectivity index (χ1n) is 10.0. The molecule has 0 atom stereocenters. The standard InChI is InChI=1S/C24H25ClN2O5S/c1-16-10-11-17(2)21(12-16)27(33(29,30)18-8-6-5-7-9-18)15-24(28)26-20-14-22(31-3)19(25)13-23(20)32-4/h5-14H,15H2,1-4H3,(H,26,28). The molecule has 7 nitrogen and oxygen atoms in total. The summed E-state index contributed by atoms with van der Waals surface area (Å²) in [4.78, 5) is 13.2. The van der Waals surface area contributed by atoms with Gasteiger partial charge in [0.25, 0.3) is 10.0 Å². The predicted molar refractivity (Wildman–Crippen MR) is 130 cm³/mol. The summed E-state index contributed by atoms with van der Waals surface area (Å²) in [6.07, 6.45) is 0. The van der Waals surface area contributed by atoms with Gasteiger partial charge in [-0.25, -0.2) is 8.42 Å². The lowest BCUT2D eigenvalue weighted by atomic mass is 10.1. The maximum Gasteiger partial charge on any atom is 0.264 e. The lowest BCUT2D eigenvalue weighted by molar-refractivity contribution is -0.114. The van der Waals surface area contributed by atoms with Gasteiger partial charge in [0.05, 0.1) is 35.5 Å². The number of aryl methyl sites for hydroxylation is 2. The van der Waals surface area contributed by atoms with E-state index in [9.17, 15) is 13.2 Å². The molecule has 3 rings (SSSR count). The zero-order valence-corrected chi connectivity index (χ0v) is 20.3. The van der Waals surface area contributed by atoms with Gasteiger partial charge in [-0.2, -0.15) is 0 Å². The summed E-state index contributed by atoms with van der Waals surface area (Å²) in [5.41, 5.74) is 2.32. The molecule has 3 aromatic carbocycles. The van der Waals surface area contributed by atoms with Crippen LogP contribution in [0.4, 0.5) is 11.4 Å². The highest BCUT2D eigenvalue weighted by molar-refractivity contribution is 7.92. The Bertz CT molecular complexity index is 1260. The van der Waals surface area contributed by atoms with Crippen molar-refractivity contribution >= 4 is 38.9 Å². The second-order valence-corrected chi connectivity index (χ2v) is 9.62. The smallest absolute Gasteiger partial charge is 0.264 e. The third-order valence-corrected chi connectivity index (χ3v) is 7.07. The van der Waals surface area contributed by atoms with Crippen LogP contribution in [0.2, 0.25) is 5.02 Å². The number of halogens is 1. The number of anilines is 2. The van der Waals surface area contributed by atoms with Crippen molar-refractivity contribution in [2.45, 2.75) is 18.7 Å². The zero-order chi connectivity index (χ0) is 24.2. The molecule has 174 valence electrons. The first-order chi connectivity index (χ1) is 15.7. The van der Waals surface area contributed by atoms with E-state index in [1.54, 1.807) is 31.2 Å². The van der Waals surface area contributed by atoms with Crippen LogP contribution < -0.4 is 19.1 Å². The highest BCUT2D eigenvalue weighted by atomic mass is 35.5. The summed E-state index contributed by atoms with van der Waals surface area (Å²) in [5.74, 6) is 0.104. The minimum Gasteiger partial charge on any atom is -0.495 e. The van der Waals surface area contributed by atoms with Crippen molar-refractivity contribution < 1.29 is 22.7 Å². The van der Waals surface area contributed by atoms with Crippen LogP contribution in [-0.2, 0) is 14.8 Å². The number of rotatable bonds is 8. The number of carbonyl (C=O) groups excluding carboxylic acids is 1. The monoisotopic (exact) mass is 488 g/mol. The Morgan fingerprint density at radius 1 is 0.970 bits per heavy atom.